The lowest BCUT2D eigenvalue weighted by atomic mass is 9.84. The summed E-state index contributed by atoms with van der Waals surface area (Å²) in [7, 11) is 0. The van der Waals surface area contributed by atoms with E-state index in [2.05, 4.69) is 0 Å². The van der Waals surface area contributed by atoms with Crippen molar-refractivity contribution < 1.29 is 9.59 Å². The lowest BCUT2D eigenvalue weighted by molar-refractivity contribution is -0.116. The normalized spacial score (nSPS) is 18.3. The van der Waals surface area contributed by atoms with Crippen LogP contribution in [0.25, 0.3) is 0 Å². The maximum absolute atomic E-state index is 12.1. The van der Waals surface area contributed by atoms with Crippen LogP contribution in [0.1, 0.15) is 34.1 Å². The van der Waals surface area contributed by atoms with Crippen molar-refractivity contribution in [2.45, 2.75) is 34.1 Å². The van der Waals surface area contributed by atoms with Crippen molar-refractivity contribution in [3.63, 3.8) is 0 Å². The topological polar surface area (TPSA) is 34.1 Å². The number of hydrogen-bond acceptors (Lipinski definition) is 2. The number of ketones is 2. The van der Waals surface area contributed by atoms with Gasteiger partial charge in [0, 0.05) is 28.2 Å². The molecule has 3 heteroatoms. The van der Waals surface area contributed by atoms with E-state index < -0.39 is 0 Å². The van der Waals surface area contributed by atoms with Crippen molar-refractivity contribution in [1.29, 1.82) is 0 Å². The van der Waals surface area contributed by atoms with E-state index in [9.17, 15) is 9.59 Å². The van der Waals surface area contributed by atoms with E-state index in [0.717, 1.165) is 5.57 Å². The van der Waals surface area contributed by atoms with E-state index in [1.165, 1.54) is 0 Å². The zero-order chi connectivity index (χ0) is 13.2. The van der Waals surface area contributed by atoms with E-state index in [0.29, 0.717) is 34.6 Å². The average Bonchev–Trinajstić information content (AvgIpc) is 2.33. The molecule has 0 heterocycles. The highest BCUT2D eigenvalue weighted by Crippen LogP contribution is 2.26. The molecule has 0 bridgehead atoms. The molecule has 0 saturated heterocycles. The lowest BCUT2D eigenvalue weighted by Crippen LogP contribution is -2.20. The fourth-order valence-electron chi connectivity index (χ4n) is 1.73. The molecule has 0 saturated carbocycles. The lowest BCUT2D eigenvalue weighted by Gasteiger charge is -2.17. The maximum Gasteiger partial charge on any atom is 0.185 e. The zero-order valence-electron chi connectivity index (χ0n) is 10.7. The second kappa shape index (κ2) is 5.46. The van der Waals surface area contributed by atoms with E-state index in [-0.39, 0.29) is 11.6 Å². The van der Waals surface area contributed by atoms with Crippen LogP contribution in [-0.4, -0.2) is 17.4 Å². The monoisotopic (exact) mass is 252 g/mol. The highest BCUT2D eigenvalue weighted by molar-refractivity contribution is 6.24. The molecule has 0 amide bonds. The van der Waals surface area contributed by atoms with Gasteiger partial charge in [0.05, 0.1) is 0 Å². The van der Waals surface area contributed by atoms with Gasteiger partial charge in [-0.2, -0.15) is 0 Å². The van der Waals surface area contributed by atoms with Gasteiger partial charge in [-0.25, -0.2) is 0 Å². The summed E-state index contributed by atoms with van der Waals surface area (Å²) >= 11 is 5.68. The molecule has 92 valence electrons. The molecule has 0 atom stereocenters. The summed E-state index contributed by atoms with van der Waals surface area (Å²) < 4.78 is 0. The minimum Gasteiger partial charge on any atom is -0.289 e. The van der Waals surface area contributed by atoms with E-state index in [1.807, 2.05) is 13.0 Å². The maximum atomic E-state index is 12.1. The number of carbonyl (C=O) groups is 2. The van der Waals surface area contributed by atoms with Crippen LogP contribution in [0.15, 0.2) is 33.9 Å². The molecular formula is C14H17ClO2. The molecule has 0 fully saturated rings. The van der Waals surface area contributed by atoms with Gasteiger partial charge >= 0.3 is 0 Å². The molecule has 17 heavy (non-hydrogen) atoms. The molecular weight excluding hydrogens is 236 g/mol. The number of carbonyl (C=O) groups excluding carboxylic acids is 2. The minimum atomic E-state index is -0.0194. The highest BCUT2D eigenvalue weighted by atomic mass is 35.5. The van der Waals surface area contributed by atoms with Crippen LogP contribution >= 0.6 is 11.6 Å². The largest absolute Gasteiger partial charge is 0.289 e. The van der Waals surface area contributed by atoms with Gasteiger partial charge in [-0.05, 0) is 34.1 Å². The van der Waals surface area contributed by atoms with Gasteiger partial charge in [0.25, 0.3) is 0 Å². The Morgan fingerprint density at radius 2 is 1.59 bits per heavy atom. The Morgan fingerprint density at radius 1 is 1.06 bits per heavy atom. The Bertz CT molecular complexity index is 465. The van der Waals surface area contributed by atoms with Gasteiger partial charge in [-0.15, -0.1) is 11.6 Å². The van der Waals surface area contributed by atoms with Gasteiger partial charge in [-0.1, -0.05) is 11.6 Å². The van der Waals surface area contributed by atoms with Crippen molar-refractivity contribution in [3.8, 4) is 0 Å². The van der Waals surface area contributed by atoms with Crippen LogP contribution in [0.4, 0.5) is 0 Å². The number of hydrogen-bond donors (Lipinski definition) is 0. The van der Waals surface area contributed by atoms with Crippen LogP contribution in [0.5, 0.6) is 0 Å². The van der Waals surface area contributed by atoms with Gasteiger partial charge in [-0.3, -0.25) is 9.59 Å². The van der Waals surface area contributed by atoms with Crippen LogP contribution in [-0.2, 0) is 9.59 Å². The Labute approximate surface area is 107 Å². The van der Waals surface area contributed by atoms with Crippen molar-refractivity contribution in [2.24, 2.45) is 0 Å². The quantitative estimate of drug-likeness (QED) is 0.438. The molecule has 2 nitrogen and oxygen atoms in total. The first-order chi connectivity index (χ1) is 7.90. The summed E-state index contributed by atoms with van der Waals surface area (Å²) in [6.45, 7) is 7.04. The summed E-state index contributed by atoms with van der Waals surface area (Å²) in [6.07, 6.45) is 2.39. The first-order valence-corrected chi connectivity index (χ1v) is 6.11. The average molecular weight is 253 g/mol. The van der Waals surface area contributed by atoms with Crippen molar-refractivity contribution in [1.82, 2.24) is 0 Å². The molecule has 0 aliphatic heterocycles. The first-order valence-electron chi connectivity index (χ1n) is 5.58. The third-order valence-corrected chi connectivity index (χ3v) is 3.60. The molecule has 0 spiro atoms. The molecule has 1 rings (SSSR count). The van der Waals surface area contributed by atoms with Crippen molar-refractivity contribution in [2.75, 3.05) is 5.88 Å². The Hall–Kier alpha value is -1.15. The molecule has 0 N–H and O–H groups in total. The Kier molecular flexibility index (Phi) is 4.47. The van der Waals surface area contributed by atoms with Crippen LogP contribution < -0.4 is 0 Å². The number of alkyl halides is 1. The van der Waals surface area contributed by atoms with Crippen LogP contribution in [0.3, 0.4) is 0 Å². The molecule has 0 radical (unpaired) electrons. The fourth-order valence-corrected chi connectivity index (χ4v) is 1.84. The van der Waals surface area contributed by atoms with E-state index in [4.69, 9.17) is 11.6 Å². The highest BCUT2D eigenvalue weighted by Gasteiger charge is 2.26. The van der Waals surface area contributed by atoms with Gasteiger partial charge in [0.15, 0.2) is 11.6 Å². The van der Waals surface area contributed by atoms with Crippen LogP contribution in [0.2, 0.25) is 0 Å². The number of Topliss-reactive ketones (excluding diaryl/α,β-unsaturated/α-hetero) is 2. The second-order valence-electron chi connectivity index (χ2n) is 4.40. The number of halogens is 1. The standard InChI is InChI=1S/C14H17ClO2/c1-8(7-15)5-6-12-11(4)13(16)9(2)10(3)14(12)17/h5H,6-7H2,1-4H3. The van der Waals surface area contributed by atoms with Gasteiger partial charge < -0.3 is 0 Å². The molecule has 0 aromatic rings. The van der Waals surface area contributed by atoms with Crippen LogP contribution in [0, 0.1) is 0 Å². The van der Waals surface area contributed by atoms with Crippen molar-refractivity contribution in [3.05, 3.63) is 33.9 Å². The first kappa shape index (κ1) is 13.9. The number of allylic oxidation sites excluding steroid dienone is 6. The second-order valence-corrected chi connectivity index (χ2v) is 4.67. The molecule has 1 aliphatic carbocycles. The Morgan fingerprint density at radius 3 is 2.12 bits per heavy atom. The Balaban J connectivity index is 3.08. The summed E-state index contributed by atoms with van der Waals surface area (Å²) in [5, 5.41) is 0. The third-order valence-electron chi connectivity index (χ3n) is 3.18. The molecule has 0 unspecified atom stereocenters. The predicted octanol–water partition coefficient (Wildman–Crippen LogP) is 3.37. The predicted molar refractivity (Wildman–Crippen MR) is 70.2 cm³/mol. The summed E-state index contributed by atoms with van der Waals surface area (Å²) in [5.74, 6) is 0.412. The summed E-state index contributed by atoms with van der Waals surface area (Å²) in [6, 6.07) is 0. The molecule has 0 aromatic heterocycles. The summed E-state index contributed by atoms with van der Waals surface area (Å²) in [5.41, 5.74) is 3.30. The third kappa shape index (κ3) is 2.75. The SMILES string of the molecule is CC(=CCC1=C(C)C(=O)C(C)=C(C)C1=O)CCl. The number of rotatable bonds is 3. The molecule has 1 aliphatic rings. The van der Waals surface area contributed by atoms with Gasteiger partial charge in [0.1, 0.15) is 0 Å². The van der Waals surface area contributed by atoms with E-state index in [1.54, 1.807) is 20.8 Å². The zero-order valence-corrected chi connectivity index (χ0v) is 11.4. The van der Waals surface area contributed by atoms with E-state index >= 15 is 0 Å². The minimum absolute atomic E-state index is 0.0155. The van der Waals surface area contributed by atoms with Crippen molar-refractivity contribution >= 4 is 23.2 Å². The molecule has 0 aromatic carbocycles. The summed E-state index contributed by atoms with van der Waals surface area (Å²) in [4.78, 5) is 24.0. The fraction of sp³-hybridized carbons (Fsp3) is 0.429. The smallest absolute Gasteiger partial charge is 0.185 e. The van der Waals surface area contributed by atoms with Gasteiger partial charge in [0.2, 0.25) is 0 Å².